The van der Waals surface area contributed by atoms with E-state index in [9.17, 15) is 5.11 Å². The van der Waals surface area contributed by atoms with Crippen molar-refractivity contribution in [3.8, 4) is 5.75 Å². The van der Waals surface area contributed by atoms with Crippen molar-refractivity contribution in [2.45, 2.75) is 32.3 Å². The van der Waals surface area contributed by atoms with E-state index in [0.717, 1.165) is 25.0 Å². The summed E-state index contributed by atoms with van der Waals surface area (Å²) in [5, 5.41) is 9.40. The summed E-state index contributed by atoms with van der Waals surface area (Å²) >= 11 is 0. The van der Waals surface area contributed by atoms with Crippen molar-refractivity contribution < 1.29 is 9.84 Å². The summed E-state index contributed by atoms with van der Waals surface area (Å²) in [4.78, 5) is 0. The molecular formula is C12H18O2. The van der Waals surface area contributed by atoms with E-state index in [4.69, 9.17) is 4.74 Å². The van der Waals surface area contributed by atoms with Crippen molar-refractivity contribution >= 4 is 0 Å². The van der Waals surface area contributed by atoms with Crippen molar-refractivity contribution in [3.05, 3.63) is 29.8 Å². The van der Waals surface area contributed by atoms with Crippen LogP contribution in [-0.4, -0.2) is 18.3 Å². The van der Waals surface area contributed by atoms with E-state index in [-0.39, 0.29) is 6.10 Å². The first-order valence-electron chi connectivity index (χ1n) is 5.07. The lowest BCUT2D eigenvalue weighted by Gasteiger charge is -2.07. The lowest BCUT2D eigenvalue weighted by Crippen LogP contribution is -2.05. The molecule has 1 aromatic rings. The summed E-state index contributed by atoms with van der Waals surface area (Å²) in [5.41, 5.74) is 1.25. The number of ether oxygens (including phenoxy) is 1. The molecule has 0 saturated heterocycles. The number of aliphatic hydroxyl groups excluding tert-OH is 1. The van der Waals surface area contributed by atoms with Crippen LogP contribution in [0, 0.1) is 0 Å². The van der Waals surface area contributed by atoms with Crippen molar-refractivity contribution in [2.24, 2.45) is 0 Å². The molecule has 0 spiro atoms. The van der Waals surface area contributed by atoms with Crippen LogP contribution < -0.4 is 4.74 Å². The van der Waals surface area contributed by atoms with Crippen LogP contribution in [0.2, 0.25) is 0 Å². The molecule has 14 heavy (non-hydrogen) atoms. The second-order valence-corrected chi connectivity index (χ2v) is 3.45. The van der Waals surface area contributed by atoms with E-state index in [1.807, 2.05) is 31.2 Å². The van der Waals surface area contributed by atoms with Gasteiger partial charge < -0.3 is 9.84 Å². The molecular weight excluding hydrogens is 176 g/mol. The van der Waals surface area contributed by atoms with Gasteiger partial charge in [0.05, 0.1) is 13.2 Å². The maximum absolute atomic E-state index is 9.40. The highest BCUT2D eigenvalue weighted by Gasteiger charge is 2.01. The number of methoxy groups -OCH3 is 1. The highest BCUT2D eigenvalue weighted by Crippen LogP contribution is 2.13. The Bertz CT molecular complexity index is 254. The fourth-order valence-corrected chi connectivity index (χ4v) is 1.33. The molecule has 2 nitrogen and oxygen atoms in total. The molecule has 1 aromatic carbocycles. The van der Waals surface area contributed by atoms with Gasteiger partial charge in [0.25, 0.3) is 0 Å². The predicted molar refractivity (Wildman–Crippen MR) is 57.6 cm³/mol. The summed E-state index contributed by atoms with van der Waals surface area (Å²) in [6.45, 7) is 2.00. The fraction of sp³-hybridized carbons (Fsp3) is 0.500. The highest BCUT2D eigenvalue weighted by atomic mass is 16.5. The molecule has 0 aliphatic rings. The second kappa shape index (κ2) is 5.66. The van der Waals surface area contributed by atoms with Gasteiger partial charge in [-0.3, -0.25) is 0 Å². The number of aliphatic hydroxyl groups is 1. The zero-order valence-corrected chi connectivity index (χ0v) is 8.86. The van der Waals surface area contributed by atoms with Gasteiger partial charge >= 0.3 is 0 Å². The quantitative estimate of drug-likeness (QED) is 0.780. The number of hydrogen-bond donors (Lipinski definition) is 1. The molecule has 0 bridgehead atoms. The molecule has 0 radical (unpaired) electrons. The van der Waals surface area contributed by atoms with Crippen LogP contribution in [0.15, 0.2) is 24.3 Å². The van der Waals surface area contributed by atoms with Crippen molar-refractivity contribution in [2.75, 3.05) is 7.11 Å². The Morgan fingerprint density at radius 2 is 1.93 bits per heavy atom. The molecule has 0 aliphatic carbocycles. The fourth-order valence-electron chi connectivity index (χ4n) is 1.33. The van der Waals surface area contributed by atoms with Crippen LogP contribution in [0.3, 0.4) is 0 Å². The molecule has 1 N–H and O–H groups in total. The third-order valence-electron chi connectivity index (χ3n) is 2.40. The third-order valence-corrected chi connectivity index (χ3v) is 2.40. The standard InChI is InChI=1S/C12H18O2/c1-3-11(13)7-4-10-5-8-12(14-2)9-6-10/h5-6,8-9,11,13H,3-4,7H2,1-2H3. The normalized spacial score (nSPS) is 12.5. The number of benzene rings is 1. The molecule has 78 valence electrons. The molecule has 1 unspecified atom stereocenters. The average Bonchev–Trinajstić information content (AvgIpc) is 2.26. The Morgan fingerprint density at radius 3 is 2.43 bits per heavy atom. The van der Waals surface area contributed by atoms with E-state index in [0.29, 0.717) is 0 Å². The van der Waals surface area contributed by atoms with Crippen LogP contribution >= 0.6 is 0 Å². The molecule has 0 saturated carbocycles. The molecule has 0 amide bonds. The lowest BCUT2D eigenvalue weighted by molar-refractivity contribution is 0.160. The van der Waals surface area contributed by atoms with E-state index in [1.165, 1.54) is 5.56 Å². The third kappa shape index (κ3) is 3.38. The minimum Gasteiger partial charge on any atom is -0.497 e. The van der Waals surface area contributed by atoms with E-state index in [1.54, 1.807) is 7.11 Å². The van der Waals surface area contributed by atoms with Crippen LogP contribution in [-0.2, 0) is 6.42 Å². The molecule has 0 aromatic heterocycles. The predicted octanol–water partition coefficient (Wildman–Crippen LogP) is 2.40. The second-order valence-electron chi connectivity index (χ2n) is 3.45. The number of rotatable bonds is 5. The zero-order chi connectivity index (χ0) is 10.4. The Balaban J connectivity index is 2.43. The van der Waals surface area contributed by atoms with E-state index >= 15 is 0 Å². The minimum absolute atomic E-state index is 0.169. The van der Waals surface area contributed by atoms with Gasteiger partial charge in [0.2, 0.25) is 0 Å². The van der Waals surface area contributed by atoms with Gasteiger partial charge in [0, 0.05) is 0 Å². The van der Waals surface area contributed by atoms with Crippen molar-refractivity contribution in [3.63, 3.8) is 0 Å². The first-order chi connectivity index (χ1) is 6.76. The number of aryl methyl sites for hydroxylation is 1. The van der Waals surface area contributed by atoms with Crippen LogP contribution in [0.1, 0.15) is 25.3 Å². The molecule has 1 rings (SSSR count). The van der Waals surface area contributed by atoms with E-state index < -0.39 is 0 Å². The Morgan fingerprint density at radius 1 is 1.29 bits per heavy atom. The SMILES string of the molecule is CCC(O)CCc1ccc(OC)cc1. The van der Waals surface area contributed by atoms with Crippen LogP contribution in [0.4, 0.5) is 0 Å². The molecule has 1 atom stereocenters. The molecule has 2 heteroatoms. The summed E-state index contributed by atoms with van der Waals surface area (Å²) < 4.78 is 5.07. The number of hydrogen-bond acceptors (Lipinski definition) is 2. The van der Waals surface area contributed by atoms with Crippen LogP contribution in [0.25, 0.3) is 0 Å². The maximum Gasteiger partial charge on any atom is 0.118 e. The van der Waals surface area contributed by atoms with Gasteiger partial charge in [-0.2, -0.15) is 0 Å². The van der Waals surface area contributed by atoms with Gasteiger partial charge in [-0.25, -0.2) is 0 Å². The summed E-state index contributed by atoms with van der Waals surface area (Å²) in [5.74, 6) is 0.879. The molecule has 0 fully saturated rings. The first kappa shape index (κ1) is 11.1. The Hall–Kier alpha value is -1.02. The van der Waals surface area contributed by atoms with Crippen molar-refractivity contribution in [1.82, 2.24) is 0 Å². The first-order valence-corrected chi connectivity index (χ1v) is 5.07. The summed E-state index contributed by atoms with van der Waals surface area (Å²) in [6, 6.07) is 7.99. The van der Waals surface area contributed by atoms with E-state index in [2.05, 4.69) is 0 Å². The van der Waals surface area contributed by atoms with Gasteiger partial charge in [-0.05, 0) is 37.0 Å². The lowest BCUT2D eigenvalue weighted by atomic mass is 10.1. The van der Waals surface area contributed by atoms with Crippen molar-refractivity contribution in [1.29, 1.82) is 0 Å². The van der Waals surface area contributed by atoms with Gasteiger partial charge in [0.15, 0.2) is 0 Å². The largest absolute Gasteiger partial charge is 0.497 e. The monoisotopic (exact) mass is 194 g/mol. The summed E-state index contributed by atoms with van der Waals surface area (Å²) in [7, 11) is 1.66. The van der Waals surface area contributed by atoms with Gasteiger partial charge in [-0.15, -0.1) is 0 Å². The minimum atomic E-state index is -0.169. The highest BCUT2D eigenvalue weighted by molar-refractivity contribution is 5.27. The summed E-state index contributed by atoms with van der Waals surface area (Å²) in [6.07, 6.45) is 2.43. The van der Waals surface area contributed by atoms with Gasteiger partial charge in [-0.1, -0.05) is 19.1 Å². The molecule has 0 heterocycles. The zero-order valence-electron chi connectivity index (χ0n) is 8.86. The smallest absolute Gasteiger partial charge is 0.118 e. The molecule has 0 aliphatic heterocycles. The van der Waals surface area contributed by atoms with Crippen LogP contribution in [0.5, 0.6) is 5.75 Å². The average molecular weight is 194 g/mol. The topological polar surface area (TPSA) is 29.5 Å². The Kier molecular flexibility index (Phi) is 4.47. The maximum atomic E-state index is 9.40. The Labute approximate surface area is 85.5 Å². The van der Waals surface area contributed by atoms with Gasteiger partial charge in [0.1, 0.15) is 5.75 Å².